The number of rotatable bonds is 1. The lowest BCUT2D eigenvalue weighted by molar-refractivity contribution is -0.128. The molecule has 3 nitrogen and oxygen atoms in total. The van der Waals surface area contributed by atoms with Gasteiger partial charge in [0.15, 0.2) is 0 Å². The Morgan fingerprint density at radius 1 is 1.31 bits per heavy atom. The zero-order valence-electron chi connectivity index (χ0n) is 9.00. The van der Waals surface area contributed by atoms with Crippen molar-refractivity contribution in [3.63, 3.8) is 0 Å². The lowest BCUT2D eigenvalue weighted by Gasteiger charge is -2.27. The third kappa shape index (κ3) is 2.02. The van der Waals surface area contributed by atoms with E-state index < -0.39 is 0 Å². The Morgan fingerprint density at radius 3 is 2.75 bits per heavy atom. The van der Waals surface area contributed by atoms with Crippen molar-refractivity contribution in [3.05, 3.63) is 28.2 Å². The van der Waals surface area contributed by atoms with Gasteiger partial charge in [0.1, 0.15) is 5.78 Å². The number of carbonyl (C=O) groups is 2. The number of benzene rings is 1. The molecule has 4 heteroatoms. The number of piperidine rings is 1. The molecule has 0 radical (unpaired) electrons. The summed E-state index contributed by atoms with van der Waals surface area (Å²) >= 11 is 3.48. The number of hydrogen-bond acceptors (Lipinski definition) is 2. The van der Waals surface area contributed by atoms with E-state index in [4.69, 9.17) is 0 Å². The normalized spacial score (nSPS) is 16.8. The monoisotopic (exact) mass is 281 g/mol. The first kappa shape index (κ1) is 11.3. The highest BCUT2D eigenvalue weighted by molar-refractivity contribution is 9.10. The van der Waals surface area contributed by atoms with Crippen LogP contribution in [-0.4, -0.2) is 18.2 Å². The second-order valence-corrected chi connectivity index (χ2v) is 4.71. The van der Waals surface area contributed by atoms with Crippen LogP contribution in [0.3, 0.4) is 0 Å². The zero-order valence-corrected chi connectivity index (χ0v) is 10.6. The van der Waals surface area contributed by atoms with Crippen molar-refractivity contribution in [2.24, 2.45) is 0 Å². The van der Waals surface area contributed by atoms with Gasteiger partial charge in [0.2, 0.25) is 5.91 Å². The van der Waals surface area contributed by atoms with Crippen LogP contribution in [0.2, 0.25) is 0 Å². The van der Waals surface area contributed by atoms with Gasteiger partial charge in [-0.2, -0.15) is 0 Å². The van der Waals surface area contributed by atoms with Crippen molar-refractivity contribution in [1.29, 1.82) is 0 Å². The largest absolute Gasteiger partial charge is 0.310 e. The summed E-state index contributed by atoms with van der Waals surface area (Å²) in [5, 5.41) is 0. The number of aryl methyl sites for hydroxylation is 1. The molecule has 0 unspecified atom stereocenters. The number of nitrogens with zero attached hydrogens (tertiary/aromatic N) is 1. The Labute approximate surface area is 103 Å². The van der Waals surface area contributed by atoms with E-state index in [1.165, 1.54) is 0 Å². The fourth-order valence-corrected chi connectivity index (χ4v) is 2.29. The van der Waals surface area contributed by atoms with Crippen LogP contribution in [0.5, 0.6) is 0 Å². The third-order valence-electron chi connectivity index (χ3n) is 2.73. The van der Waals surface area contributed by atoms with Crippen molar-refractivity contribution in [3.8, 4) is 0 Å². The van der Waals surface area contributed by atoms with Gasteiger partial charge in [0.25, 0.3) is 0 Å². The quantitative estimate of drug-likeness (QED) is 0.742. The smallest absolute Gasteiger partial charge is 0.234 e. The van der Waals surface area contributed by atoms with Crippen LogP contribution in [0.15, 0.2) is 22.7 Å². The molecule has 0 spiro atoms. The summed E-state index contributed by atoms with van der Waals surface area (Å²) in [4.78, 5) is 24.6. The van der Waals surface area contributed by atoms with Crippen molar-refractivity contribution >= 4 is 33.3 Å². The Hall–Kier alpha value is -1.16. The SMILES string of the molecule is Cc1cccc(N2CCC(=O)CC2=O)c1Br. The Kier molecular flexibility index (Phi) is 3.10. The fraction of sp³-hybridized carbons (Fsp3) is 0.333. The summed E-state index contributed by atoms with van der Waals surface area (Å²) in [6, 6.07) is 5.79. The van der Waals surface area contributed by atoms with Crippen LogP contribution >= 0.6 is 15.9 Å². The van der Waals surface area contributed by atoms with Gasteiger partial charge in [0, 0.05) is 17.4 Å². The maximum Gasteiger partial charge on any atom is 0.234 e. The van der Waals surface area contributed by atoms with Gasteiger partial charge < -0.3 is 4.90 Å². The summed E-state index contributed by atoms with van der Waals surface area (Å²) in [5.74, 6) is -0.0763. The molecule has 1 heterocycles. The molecular formula is C12H12BrNO2. The Balaban J connectivity index is 2.34. The summed E-state index contributed by atoms with van der Waals surface area (Å²) in [6.07, 6.45) is 0.479. The number of amides is 1. The molecule has 16 heavy (non-hydrogen) atoms. The molecule has 1 saturated heterocycles. The molecular weight excluding hydrogens is 270 g/mol. The molecule has 1 aliphatic rings. The van der Waals surface area contributed by atoms with E-state index in [1.807, 2.05) is 25.1 Å². The van der Waals surface area contributed by atoms with Crippen LogP contribution in [0.4, 0.5) is 5.69 Å². The highest BCUT2D eigenvalue weighted by atomic mass is 79.9. The van der Waals surface area contributed by atoms with Crippen LogP contribution < -0.4 is 4.90 Å². The highest BCUT2D eigenvalue weighted by Gasteiger charge is 2.26. The summed E-state index contributed by atoms with van der Waals surface area (Å²) in [6.45, 7) is 2.47. The predicted molar refractivity (Wildman–Crippen MR) is 65.5 cm³/mol. The van der Waals surface area contributed by atoms with Gasteiger partial charge in [0.05, 0.1) is 12.1 Å². The molecule has 1 aromatic carbocycles. The maximum absolute atomic E-state index is 11.8. The van der Waals surface area contributed by atoms with E-state index in [0.717, 1.165) is 15.7 Å². The zero-order chi connectivity index (χ0) is 11.7. The number of ketones is 1. The number of hydrogen-bond donors (Lipinski definition) is 0. The molecule has 0 N–H and O–H groups in total. The van der Waals surface area contributed by atoms with Gasteiger partial charge >= 0.3 is 0 Å². The van der Waals surface area contributed by atoms with E-state index in [2.05, 4.69) is 15.9 Å². The van der Waals surface area contributed by atoms with Gasteiger partial charge in [-0.1, -0.05) is 12.1 Å². The highest BCUT2D eigenvalue weighted by Crippen LogP contribution is 2.30. The molecule has 0 bridgehead atoms. The van der Waals surface area contributed by atoms with Crippen molar-refractivity contribution < 1.29 is 9.59 Å². The first-order valence-corrected chi connectivity index (χ1v) is 5.96. The van der Waals surface area contributed by atoms with Crippen molar-refractivity contribution in [2.45, 2.75) is 19.8 Å². The molecule has 0 aromatic heterocycles. The third-order valence-corrected chi connectivity index (χ3v) is 3.76. The van der Waals surface area contributed by atoms with Gasteiger partial charge in [-0.15, -0.1) is 0 Å². The lowest BCUT2D eigenvalue weighted by Crippen LogP contribution is -2.39. The van der Waals surface area contributed by atoms with Gasteiger partial charge in [-0.3, -0.25) is 9.59 Å². The van der Waals surface area contributed by atoms with Gasteiger partial charge in [-0.05, 0) is 34.5 Å². The second kappa shape index (κ2) is 4.37. The van der Waals surface area contributed by atoms with Crippen molar-refractivity contribution in [1.82, 2.24) is 0 Å². The number of Topliss-reactive ketones (excluding diaryl/α,β-unsaturated/α-hetero) is 1. The number of anilines is 1. The molecule has 1 amide bonds. The Bertz CT molecular complexity index is 456. The minimum atomic E-state index is -0.109. The van der Waals surface area contributed by atoms with E-state index in [-0.39, 0.29) is 18.1 Å². The van der Waals surface area contributed by atoms with Crippen LogP contribution in [0.25, 0.3) is 0 Å². The van der Waals surface area contributed by atoms with Crippen LogP contribution in [0, 0.1) is 6.92 Å². The summed E-state index contributed by atoms with van der Waals surface area (Å²) < 4.78 is 0.928. The molecule has 2 rings (SSSR count). The standard InChI is InChI=1S/C12H12BrNO2/c1-8-3-2-4-10(12(8)13)14-6-5-9(15)7-11(14)16/h2-4H,5-7H2,1H3. The molecule has 1 aromatic rings. The molecule has 1 aliphatic heterocycles. The maximum atomic E-state index is 11.8. The minimum Gasteiger partial charge on any atom is -0.310 e. The molecule has 0 aliphatic carbocycles. The molecule has 0 atom stereocenters. The fourth-order valence-electron chi connectivity index (χ4n) is 1.81. The Morgan fingerprint density at radius 2 is 2.06 bits per heavy atom. The van der Waals surface area contributed by atoms with E-state index >= 15 is 0 Å². The lowest BCUT2D eigenvalue weighted by atomic mass is 10.1. The van der Waals surface area contributed by atoms with Crippen molar-refractivity contribution in [2.75, 3.05) is 11.4 Å². The first-order valence-electron chi connectivity index (χ1n) is 5.17. The molecule has 0 saturated carbocycles. The first-order chi connectivity index (χ1) is 7.59. The summed E-state index contributed by atoms with van der Waals surface area (Å²) in [7, 11) is 0. The number of carbonyl (C=O) groups excluding carboxylic acids is 2. The summed E-state index contributed by atoms with van der Waals surface area (Å²) in [5.41, 5.74) is 1.94. The minimum absolute atomic E-state index is 0.0282. The predicted octanol–water partition coefficient (Wildman–Crippen LogP) is 2.45. The van der Waals surface area contributed by atoms with E-state index in [0.29, 0.717) is 13.0 Å². The molecule has 84 valence electrons. The average Bonchev–Trinajstić information content (AvgIpc) is 2.23. The van der Waals surface area contributed by atoms with Crippen LogP contribution in [-0.2, 0) is 9.59 Å². The second-order valence-electron chi connectivity index (χ2n) is 3.92. The topological polar surface area (TPSA) is 37.4 Å². The number of halogens is 1. The van der Waals surface area contributed by atoms with E-state index in [9.17, 15) is 9.59 Å². The van der Waals surface area contributed by atoms with E-state index in [1.54, 1.807) is 4.90 Å². The molecule has 1 fully saturated rings. The van der Waals surface area contributed by atoms with Gasteiger partial charge in [-0.25, -0.2) is 0 Å². The average molecular weight is 282 g/mol. The van der Waals surface area contributed by atoms with Crippen LogP contribution in [0.1, 0.15) is 18.4 Å².